The van der Waals surface area contributed by atoms with Gasteiger partial charge in [-0.25, -0.2) is 23.1 Å². The number of anilines is 1. The molecule has 0 saturated heterocycles. The van der Waals surface area contributed by atoms with Crippen LogP contribution in [0.5, 0.6) is 0 Å². The summed E-state index contributed by atoms with van der Waals surface area (Å²) in [5.74, 6) is 0.0716. The lowest BCUT2D eigenvalue weighted by molar-refractivity contribution is 0.600. The molecule has 1 aromatic heterocycles. The van der Waals surface area contributed by atoms with Crippen molar-refractivity contribution in [2.75, 3.05) is 4.72 Å². The Kier molecular flexibility index (Phi) is 3.86. The van der Waals surface area contributed by atoms with Crippen LogP contribution in [-0.4, -0.2) is 18.4 Å². The first-order chi connectivity index (χ1) is 8.88. The highest BCUT2D eigenvalue weighted by Gasteiger charge is 2.18. The Morgan fingerprint density at radius 3 is 2.58 bits per heavy atom. The topological polar surface area (TPSA) is 72.0 Å². The average molecular weight is 342 g/mol. The highest BCUT2D eigenvalue weighted by atomic mass is 79.9. The van der Waals surface area contributed by atoms with Gasteiger partial charge in [-0.05, 0) is 43.7 Å². The molecule has 1 N–H and O–H groups in total. The second-order valence-electron chi connectivity index (χ2n) is 4.04. The standard InChI is InChI=1S/C12H12BrN3O2S/c1-8-7-10(13)3-4-11(8)19(17,18)16-12-14-6-5-9(2)15-12/h3-7H,1-2H3,(H,14,15,16). The van der Waals surface area contributed by atoms with Crippen LogP contribution in [0.4, 0.5) is 5.95 Å². The first-order valence-corrected chi connectivity index (χ1v) is 7.75. The Morgan fingerprint density at radius 2 is 1.95 bits per heavy atom. The Hall–Kier alpha value is -1.47. The largest absolute Gasteiger partial charge is 0.264 e. The number of benzene rings is 1. The van der Waals surface area contributed by atoms with Crippen LogP contribution in [0.15, 0.2) is 39.8 Å². The summed E-state index contributed by atoms with van der Waals surface area (Å²) in [6.07, 6.45) is 1.51. The molecular weight excluding hydrogens is 330 g/mol. The van der Waals surface area contributed by atoms with Crippen molar-refractivity contribution in [3.8, 4) is 0 Å². The van der Waals surface area contributed by atoms with Crippen molar-refractivity contribution in [3.05, 3.63) is 46.2 Å². The van der Waals surface area contributed by atoms with Gasteiger partial charge in [0.15, 0.2) is 0 Å². The second-order valence-corrected chi connectivity index (χ2v) is 6.60. The van der Waals surface area contributed by atoms with E-state index >= 15 is 0 Å². The molecule has 0 atom stereocenters. The van der Waals surface area contributed by atoms with Gasteiger partial charge in [-0.3, -0.25) is 0 Å². The first-order valence-electron chi connectivity index (χ1n) is 5.47. The van der Waals surface area contributed by atoms with Crippen LogP contribution in [0, 0.1) is 13.8 Å². The molecule has 2 rings (SSSR count). The fourth-order valence-electron chi connectivity index (χ4n) is 1.59. The SMILES string of the molecule is Cc1ccnc(NS(=O)(=O)c2ccc(Br)cc2C)n1. The van der Waals surface area contributed by atoms with Gasteiger partial charge in [-0.15, -0.1) is 0 Å². The zero-order valence-electron chi connectivity index (χ0n) is 10.4. The van der Waals surface area contributed by atoms with Gasteiger partial charge in [0.1, 0.15) is 0 Å². The van der Waals surface area contributed by atoms with Crippen LogP contribution in [0.1, 0.15) is 11.3 Å². The molecule has 0 aliphatic heterocycles. The number of hydrogen-bond acceptors (Lipinski definition) is 4. The van der Waals surface area contributed by atoms with E-state index in [2.05, 4.69) is 30.6 Å². The number of aryl methyl sites for hydroxylation is 2. The maximum atomic E-state index is 12.2. The summed E-state index contributed by atoms with van der Waals surface area (Å²) in [5, 5.41) is 0. The van der Waals surface area contributed by atoms with Crippen molar-refractivity contribution in [2.24, 2.45) is 0 Å². The molecule has 100 valence electrons. The van der Waals surface area contributed by atoms with Gasteiger partial charge in [0.2, 0.25) is 5.95 Å². The van der Waals surface area contributed by atoms with Crippen LogP contribution in [-0.2, 0) is 10.0 Å². The van der Waals surface area contributed by atoms with Gasteiger partial charge in [-0.1, -0.05) is 15.9 Å². The Labute approximate surface area is 120 Å². The predicted octanol–water partition coefficient (Wildman–Crippen LogP) is 2.66. The highest BCUT2D eigenvalue weighted by molar-refractivity contribution is 9.10. The number of halogens is 1. The molecule has 7 heteroatoms. The smallest absolute Gasteiger partial charge is 0.247 e. The normalized spacial score (nSPS) is 11.3. The van der Waals surface area contributed by atoms with Crippen LogP contribution in [0.25, 0.3) is 0 Å². The predicted molar refractivity (Wildman–Crippen MR) is 76.5 cm³/mol. The van der Waals surface area contributed by atoms with E-state index < -0.39 is 10.0 Å². The monoisotopic (exact) mass is 341 g/mol. The molecule has 2 aromatic rings. The number of aromatic nitrogens is 2. The van der Waals surface area contributed by atoms with Gasteiger partial charge in [0, 0.05) is 16.4 Å². The molecule has 0 aliphatic rings. The van der Waals surface area contributed by atoms with E-state index in [9.17, 15) is 8.42 Å². The van der Waals surface area contributed by atoms with E-state index in [1.165, 1.54) is 12.3 Å². The quantitative estimate of drug-likeness (QED) is 0.931. The Balaban J connectivity index is 2.38. The number of sulfonamides is 1. The fourth-order valence-corrected chi connectivity index (χ4v) is 3.24. The second kappa shape index (κ2) is 5.26. The summed E-state index contributed by atoms with van der Waals surface area (Å²) in [5.41, 5.74) is 1.34. The zero-order valence-corrected chi connectivity index (χ0v) is 12.8. The molecule has 0 aliphatic carbocycles. The van der Waals surface area contributed by atoms with E-state index in [-0.39, 0.29) is 10.8 Å². The molecule has 0 saturated carbocycles. The first kappa shape index (κ1) is 14.0. The average Bonchev–Trinajstić information content (AvgIpc) is 2.27. The zero-order chi connectivity index (χ0) is 14.0. The van der Waals surface area contributed by atoms with Crippen LogP contribution in [0.3, 0.4) is 0 Å². The van der Waals surface area contributed by atoms with Gasteiger partial charge in [-0.2, -0.15) is 0 Å². The minimum absolute atomic E-state index is 0.0716. The third kappa shape index (κ3) is 3.30. The van der Waals surface area contributed by atoms with E-state index in [1.54, 1.807) is 32.0 Å². The van der Waals surface area contributed by atoms with Crippen LogP contribution in [0.2, 0.25) is 0 Å². The molecular formula is C12H12BrN3O2S. The summed E-state index contributed by atoms with van der Waals surface area (Å²) < 4.78 is 27.7. The lowest BCUT2D eigenvalue weighted by atomic mass is 10.2. The Bertz CT molecular complexity index is 717. The maximum absolute atomic E-state index is 12.2. The molecule has 0 radical (unpaired) electrons. The van der Waals surface area contributed by atoms with Crippen molar-refractivity contribution in [1.29, 1.82) is 0 Å². The summed E-state index contributed by atoms with van der Waals surface area (Å²) >= 11 is 3.30. The molecule has 0 bridgehead atoms. The van der Waals surface area contributed by atoms with Crippen molar-refractivity contribution in [3.63, 3.8) is 0 Å². The molecule has 19 heavy (non-hydrogen) atoms. The number of hydrogen-bond donors (Lipinski definition) is 1. The molecule has 0 spiro atoms. The van der Waals surface area contributed by atoms with E-state index in [0.717, 1.165) is 4.47 Å². The maximum Gasteiger partial charge on any atom is 0.264 e. The van der Waals surface area contributed by atoms with E-state index in [1.807, 2.05) is 0 Å². The molecule has 0 amide bonds. The lowest BCUT2D eigenvalue weighted by Gasteiger charge is -2.09. The number of rotatable bonds is 3. The third-order valence-electron chi connectivity index (χ3n) is 2.45. The summed E-state index contributed by atoms with van der Waals surface area (Å²) in [6.45, 7) is 3.50. The van der Waals surface area contributed by atoms with Crippen LogP contribution < -0.4 is 4.72 Å². The minimum Gasteiger partial charge on any atom is -0.247 e. The van der Waals surface area contributed by atoms with Gasteiger partial charge < -0.3 is 0 Å². The Morgan fingerprint density at radius 1 is 1.21 bits per heavy atom. The molecule has 1 heterocycles. The third-order valence-corrected chi connectivity index (χ3v) is 4.43. The number of nitrogens with one attached hydrogen (secondary N) is 1. The van der Waals surface area contributed by atoms with Crippen molar-refractivity contribution < 1.29 is 8.42 Å². The van der Waals surface area contributed by atoms with Crippen LogP contribution >= 0.6 is 15.9 Å². The van der Waals surface area contributed by atoms with Crippen molar-refractivity contribution in [1.82, 2.24) is 9.97 Å². The molecule has 5 nitrogen and oxygen atoms in total. The van der Waals surface area contributed by atoms with Crippen molar-refractivity contribution in [2.45, 2.75) is 18.7 Å². The molecule has 1 aromatic carbocycles. The van der Waals surface area contributed by atoms with Crippen molar-refractivity contribution >= 4 is 31.9 Å². The van der Waals surface area contributed by atoms with Gasteiger partial charge in [0.25, 0.3) is 10.0 Å². The minimum atomic E-state index is -3.67. The number of nitrogens with zero attached hydrogens (tertiary/aromatic N) is 2. The molecule has 0 unspecified atom stereocenters. The summed E-state index contributed by atoms with van der Waals surface area (Å²) in [4.78, 5) is 8.12. The van der Waals surface area contributed by atoms with Gasteiger partial charge >= 0.3 is 0 Å². The molecule has 0 fully saturated rings. The van der Waals surface area contributed by atoms with E-state index in [4.69, 9.17) is 0 Å². The van der Waals surface area contributed by atoms with Gasteiger partial charge in [0.05, 0.1) is 4.90 Å². The van der Waals surface area contributed by atoms with E-state index in [0.29, 0.717) is 11.3 Å². The summed E-state index contributed by atoms with van der Waals surface area (Å²) in [7, 11) is -3.67. The highest BCUT2D eigenvalue weighted by Crippen LogP contribution is 2.21. The lowest BCUT2D eigenvalue weighted by Crippen LogP contribution is -2.16. The fraction of sp³-hybridized carbons (Fsp3) is 0.167. The summed E-state index contributed by atoms with van der Waals surface area (Å²) in [6, 6.07) is 6.66.